The second kappa shape index (κ2) is 10.4. The lowest BCUT2D eigenvalue weighted by Crippen LogP contribution is -2.43. The maximum Gasteiger partial charge on any atom is 0.192 e. The van der Waals surface area contributed by atoms with Crippen LogP contribution >= 0.6 is 23.4 Å². The molecule has 34 heavy (non-hydrogen) atoms. The minimum Gasteiger partial charge on any atom is -0.481 e. The van der Waals surface area contributed by atoms with E-state index in [4.69, 9.17) is 22.9 Å². The molecule has 3 aromatic carbocycles. The Kier molecular flexibility index (Phi) is 7.10. The van der Waals surface area contributed by atoms with Crippen LogP contribution in [0, 0.1) is 12.4 Å². The Morgan fingerprint density at radius 2 is 1.85 bits per heavy atom. The summed E-state index contributed by atoms with van der Waals surface area (Å²) in [5.74, 6) is 0.662. The average molecular weight is 493 g/mol. The van der Waals surface area contributed by atoms with Crippen LogP contribution in [0.2, 0.25) is 5.02 Å². The third-order valence-electron chi connectivity index (χ3n) is 6.68. The van der Waals surface area contributed by atoms with Gasteiger partial charge in [-0.05, 0) is 79.4 Å². The zero-order chi connectivity index (χ0) is 23.5. The number of hydrogen-bond donors (Lipinski definition) is 0. The topological polar surface area (TPSA) is 16.8 Å². The van der Waals surface area contributed by atoms with Gasteiger partial charge in [0.05, 0.1) is 12.6 Å². The number of likely N-dealkylation sites (tertiary alicyclic amines) is 1. The van der Waals surface area contributed by atoms with Gasteiger partial charge in [-0.1, -0.05) is 48.4 Å². The normalized spacial score (nSPS) is 20.0. The first-order valence-corrected chi connectivity index (χ1v) is 13.1. The van der Waals surface area contributed by atoms with Crippen LogP contribution in [0.3, 0.4) is 0 Å². The number of fused-ring (bicyclic) bond motifs is 1. The van der Waals surface area contributed by atoms with Crippen LogP contribution in [0.5, 0.6) is 5.75 Å². The van der Waals surface area contributed by atoms with Gasteiger partial charge in [0.2, 0.25) is 0 Å². The molecule has 1 aliphatic carbocycles. The van der Waals surface area contributed by atoms with Gasteiger partial charge in [-0.3, -0.25) is 4.90 Å². The molecule has 1 fully saturated rings. The Labute approximate surface area is 209 Å². The number of ether oxygens (including phenoxy) is 1. The summed E-state index contributed by atoms with van der Waals surface area (Å²) in [5.41, 5.74) is 3.67. The smallest absolute Gasteiger partial charge is 0.192 e. The quantitative estimate of drug-likeness (QED) is 0.257. The summed E-state index contributed by atoms with van der Waals surface area (Å²) in [6, 6.07) is 19.0. The lowest BCUT2D eigenvalue weighted by Gasteiger charge is -2.36. The predicted octanol–water partition coefficient (Wildman–Crippen LogP) is 7.85. The second-order valence-corrected chi connectivity index (χ2v) is 10.4. The van der Waals surface area contributed by atoms with Gasteiger partial charge in [0.15, 0.2) is 17.3 Å². The summed E-state index contributed by atoms with van der Waals surface area (Å²) in [6.45, 7) is 9.61. The Morgan fingerprint density at radius 3 is 2.59 bits per heavy atom. The van der Waals surface area contributed by atoms with E-state index in [-0.39, 0.29) is 23.7 Å². The number of benzene rings is 3. The average Bonchev–Trinajstić information content (AvgIpc) is 3.23. The van der Waals surface area contributed by atoms with Crippen molar-refractivity contribution in [2.75, 3.05) is 13.1 Å². The van der Waals surface area contributed by atoms with Crippen LogP contribution in [0.15, 0.2) is 65.6 Å². The fourth-order valence-electron chi connectivity index (χ4n) is 5.00. The van der Waals surface area contributed by atoms with E-state index in [2.05, 4.69) is 21.9 Å². The van der Waals surface area contributed by atoms with E-state index in [0.29, 0.717) is 10.7 Å². The number of nitrogens with zero attached hydrogens (tertiary/aromatic N) is 2. The SMILES string of the molecule is [C-]#[N+]c1cc(Cl)cc2c1C[C@H](N1CCCCC1)[C@H]2Oc1ccc(SCc2ccccc2)cc1F. The summed E-state index contributed by atoms with van der Waals surface area (Å²) < 4.78 is 21.6. The molecule has 174 valence electrons. The van der Waals surface area contributed by atoms with E-state index in [1.54, 1.807) is 30.0 Å². The molecule has 2 atom stereocenters. The second-order valence-electron chi connectivity index (χ2n) is 8.88. The van der Waals surface area contributed by atoms with E-state index in [1.807, 2.05) is 30.3 Å². The molecule has 5 rings (SSSR count). The van der Waals surface area contributed by atoms with Gasteiger partial charge in [-0.2, -0.15) is 0 Å². The van der Waals surface area contributed by atoms with Gasteiger partial charge in [-0.15, -0.1) is 11.8 Å². The maximum atomic E-state index is 15.2. The van der Waals surface area contributed by atoms with E-state index in [0.717, 1.165) is 54.1 Å². The number of halogens is 2. The first-order chi connectivity index (χ1) is 16.6. The molecule has 3 aromatic rings. The molecular formula is C28H26ClFN2OS. The van der Waals surface area contributed by atoms with Crippen molar-refractivity contribution in [1.82, 2.24) is 4.90 Å². The number of hydrogen-bond acceptors (Lipinski definition) is 3. The number of piperidine rings is 1. The van der Waals surface area contributed by atoms with Crippen LogP contribution in [0.25, 0.3) is 4.85 Å². The molecule has 0 radical (unpaired) electrons. The monoisotopic (exact) mass is 492 g/mol. The minimum atomic E-state index is -0.365. The van der Waals surface area contributed by atoms with Crippen molar-refractivity contribution in [1.29, 1.82) is 0 Å². The lowest BCUT2D eigenvalue weighted by molar-refractivity contribution is 0.0623. The zero-order valence-corrected chi connectivity index (χ0v) is 20.4. The lowest BCUT2D eigenvalue weighted by atomic mass is 10.0. The van der Waals surface area contributed by atoms with Crippen LogP contribution in [-0.4, -0.2) is 24.0 Å². The van der Waals surface area contributed by atoms with Crippen LogP contribution in [-0.2, 0) is 12.2 Å². The molecule has 1 saturated heterocycles. The number of rotatable bonds is 6. The Morgan fingerprint density at radius 1 is 1.06 bits per heavy atom. The van der Waals surface area contributed by atoms with E-state index >= 15 is 4.39 Å². The molecule has 3 nitrogen and oxygen atoms in total. The van der Waals surface area contributed by atoms with Crippen molar-refractivity contribution in [2.45, 2.75) is 48.5 Å². The highest BCUT2D eigenvalue weighted by Gasteiger charge is 2.40. The van der Waals surface area contributed by atoms with Crippen LogP contribution in [0.4, 0.5) is 10.1 Å². The van der Waals surface area contributed by atoms with Gasteiger partial charge < -0.3 is 4.74 Å². The van der Waals surface area contributed by atoms with E-state index in [1.165, 1.54) is 12.0 Å². The molecule has 0 spiro atoms. The van der Waals surface area contributed by atoms with Crippen molar-refractivity contribution < 1.29 is 9.13 Å². The van der Waals surface area contributed by atoms with Gasteiger partial charge in [-0.25, -0.2) is 9.24 Å². The van der Waals surface area contributed by atoms with E-state index in [9.17, 15) is 0 Å². The van der Waals surface area contributed by atoms with Crippen molar-refractivity contribution >= 4 is 29.1 Å². The van der Waals surface area contributed by atoms with E-state index < -0.39 is 0 Å². The van der Waals surface area contributed by atoms with Crippen molar-refractivity contribution in [2.24, 2.45) is 0 Å². The zero-order valence-electron chi connectivity index (χ0n) is 18.8. The van der Waals surface area contributed by atoms with Gasteiger partial charge in [0.1, 0.15) is 6.10 Å². The fraction of sp³-hybridized carbons (Fsp3) is 0.321. The maximum absolute atomic E-state index is 15.2. The van der Waals surface area contributed by atoms with Crippen LogP contribution < -0.4 is 4.74 Å². The molecule has 0 amide bonds. The predicted molar refractivity (Wildman–Crippen MR) is 136 cm³/mol. The molecule has 0 saturated carbocycles. The van der Waals surface area contributed by atoms with Gasteiger partial charge in [0.25, 0.3) is 0 Å². The third kappa shape index (κ3) is 4.95. The summed E-state index contributed by atoms with van der Waals surface area (Å²) in [7, 11) is 0. The minimum absolute atomic E-state index is 0.0702. The largest absolute Gasteiger partial charge is 0.481 e. The molecule has 6 heteroatoms. The fourth-order valence-corrected chi connectivity index (χ4v) is 6.10. The van der Waals surface area contributed by atoms with Crippen molar-refractivity contribution in [3.63, 3.8) is 0 Å². The first kappa shape index (κ1) is 23.2. The molecule has 0 aromatic heterocycles. The molecule has 0 N–H and O–H groups in total. The highest BCUT2D eigenvalue weighted by molar-refractivity contribution is 7.98. The summed E-state index contributed by atoms with van der Waals surface area (Å²) >= 11 is 7.96. The number of thioether (sulfide) groups is 1. The van der Waals surface area contributed by atoms with Crippen molar-refractivity contribution in [3.05, 3.63) is 99.6 Å². The summed E-state index contributed by atoms with van der Waals surface area (Å²) in [5, 5.41) is 0.519. The van der Waals surface area contributed by atoms with Crippen molar-refractivity contribution in [3.8, 4) is 5.75 Å². The highest BCUT2D eigenvalue weighted by Crippen LogP contribution is 2.45. The van der Waals surface area contributed by atoms with Gasteiger partial charge in [0, 0.05) is 15.7 Å². The molecule has 0 unspecified atom stereocenters. The summed E-state index contributed by atoms with van der Waals surface area (Å²) in [4.78, 5) is 7.02. The summed E-state index contributed by atoms with van der Waals surface area (Å²) in [6.07, 6.45) is 3.90. The molecular weight excluding hydrogens is 467 g/mol. The van der Waals surface area contributed by atoms with Gasteiger partial charge >= 0.3 is 0 Å². The standard InChI is InChI=1S/C28H26ClFN2OS/c1-31-25-15-20(29)14-23-22(25)17-26(32-12-6-3-7-13-32)28(23)33-27-11-10-21(16-24(27)30)34-18-19-8-4-2-5-9-19/h2,4-5,8-11,14-16,26,28H,3,6-7,12-13,17-18H2/t26-,28-/m0/s1. The molecule has 1 heterocycles. The molecule has 0 bridgehead atoms. The highest BCUT2D eigenvalue weighted by atomic mass is 35.5. The van der Waals surface area contributed by atoms with Crippen LogP contribution in [0.1, 0.15) is 42.1 Å². The Balaban J connectivity index is 1.40. The molecule has 1 aliphatic heterocycles. The Hall–Kier alpha value is -2.52. The Bertz CT molecular complexity index is 1210. The first-order valence-electron chi connectivity index (χ1n) is 11.7. The third-order valence-corrected chi connectivity index (χ3v) is 7.96. The molecule has 2 aliphatic rings.